The third-order valence-corrected chi connectivity index (χ3v) is 3.98. The van der Waals surface area contributed by atoms with E-state index >= 15 is 0 Å². The van der Waals surface area contributed by atoms with Crippen LogP contribution in [-0.4, -0.2) is 53.3 Å². The molecule has 2 unspecified atom stereocenters. The van der Waals surface area contributed by atoms with Gasteiger partial charge in [0.25, 0.3) is 0 Å². The topological polar surface area (TPSA) is 66.6 Å². The van der Waals surface area contributed by atoms with Gasteiger partial charge in [0.15, 0.2) is 0 Å². The first-order valence-corrected chi connectivity index (χ1v) is 6.92. The number of piperidine rings is 1. The molecule has 0 aliphatic carbocycles. The number of carbonyl (C=O) groups is 2. The first-order valence-electron chi connectivity index (χ1n) is 6.92. The Morgan fingerprint density at radius 2 is 2.17 bits per heavy atom. The summed E-state index contributed by atoms with van der Waals surface area (Å²) >= 11 is 0. The Hall–Kier alpha value is -0.940. The molecule has 2 heterocycles. The monoisotopic (exact) mass is 253 g/mol. The lowest BCUT2D eigenvalue weighted by Gasteiger charge is -2.38. The molecule has 0 saturated carbocycles. The predicted molar refractivity (Wildman–Crippen MR) is 68.8 cm³/mol. The number of likely N-dealkylation sites (tertiary alicyclic amines) is 2. The van der Waals surface area contributed by atoms with Crippen LogP contribution in [0.1, 0.15) is 39.0 Å². The van der Waals surface area contributed by atoms with Crippen molar-refractivity contribution >= 4 is 11.8 Å². The van der Waals surface area contributed by atoms with Gasteiger partial charge >= 0.3 is 0 Å². The Morgan fingerprint density at radius 1 is 1.39 bits per heavy atom. The Kier molecular flexibility index (Phi) is 4.35. The van der Waals surface area contributed by atoms with Crippen LogP contribution in [0.25, 0.3) is 0 Å². The van der Waals surface area contributed by atoms with E-state index < -0.39 is 0 Å². The molecule has 2 amide bonds. The molecule has 102 valence electrons. The van der Waals surface area contributed by atoms with Crippen LogP contribution in [-0.2, 0) is 9.59 Å². The lowest BCUT2D eigenvalue weighted by Crippen LogP contribution is -2.52. The first kappa shape index (κ1) is 13.5. The molecular weight excluding hydrogens is 230 g/mol. The van der Waals surface area contributed by atoms with Crippen LogP contribution >= 0.6 is 0 Å². The summed E-state index contributed by atoms with van der Waals surface area (Å²) < 4.78 is 0. The standard InChI is InChI=1S/C13H23N3O2/c1-10(14)11-5-2-3-7-15(11)9-13(18)16-8-4-6-12(16)17/h10-11H,2-9,14H2,1H3. The van der Waals surface area contributed by atoms with Gasteiger partial charge in [-0.15, -0.1) is 0 Å². The molecule has 5 heteroatoms. The molecule has 2 aliphatic heterocycles. The fourth-order valence-electron chi connectivity index (χ4n) is 2.98. The van der Waals surface area contributed by atoms with Gasteiger partial charge in [-0.05, 0) is 32.7 Å². The van der Waals surface area contributed by atoms with Crippen LogP contribution < -0.4 is 5.73 Å². The van der Waals surface area contributed by atoms with Crippen molar-refractivity contribution in [2.45, 2.75) is 51.1 Å². The molecular formula is C13H23N3O2. The molecule has 0 aromatic rings. The van der Waals surface area contributed by atoms with Gasteiger partial charge in [0.1, 0.15) is 0 Å². The summed E-state index contributed by atoms with van der Waals surface area (Å²) in [5, 5.41) is 0. The number of imide groups is 1. The quantitative estimate of drug-likeness (QED) is 0.787. The van der Waals surface area contributed by atoms with Gasteiger partial charge < -0.3 is 5.73 Å². The normalized spacial score (nSPS) is 27.6. The fraction of sp³-hybridized carbons (Fsp3) is 0.846. The molecule has 2 N–H and O–H groups in total. The van der Waals surface area contributed by atoms with Gasteiger partial charge in [0, 0.05) is 25.0 Å². The third kappa shape index (κ3) is 2.90. The molecule has 0 aromatic heterocycles. The van der Waals surface area contributed by atoms with E-state index in [1.54, 1.807) is 0 Å². The molecule has 0 spiro atoms. The molecule has 2 aliphatic rings. The maximum Gasteiger partial charge on any atom is 0.243 e. The lowest BCUT2D eigenvalue weighted by atomic mass is 9.97. The van der Waals surface area contributed by atoms with E-state index in [1.165, 1.54) is 11.3 Å². The van der Waals surface area contributed by atoms with E-state index in [2.05, 4.69) is 4.90 Å². The molecule has 5 nitrogen and oxygen atoms in total. The van der Waals surface area contributed by atoms with E-state index in [0.29, 0.717) is 19.5 Å². The molecule has 0 radical (unpaired) electrons. The smallest absolute Gasteiger partial charge is 0.243 e. The highest BCUT2D eigenvalue weighted by atomic mass is 16.2. The largest absolute Gasteiger partial charge is 0.327 e. The Labute approximate surface area is 108 Å². The van der Waals surface area contributed by atoms with Crippen molar-refractivity contribution in [3.05, 3.63) is 0 Å². The van der Waals surface area contributed by atoms with Crippen molar-refractivity contribution in [2.24, 2.45) is 5.73 Å². The second kappa shape index (κ2) is 5.80. The van der Waals surface area contributed by atoms with Crippen molar-refractivity contribution < 1.29 is 9.59 Å². The summed E-state index contributed by atoms with van der Waals surface area (Å²) in [6.45, 7) is 3.85. The second-order valence-corrected chi connectivity index (χ2v) is 5.44. The van der Waals surface area contributed by atoms with Gasteiger partial charge in [-0.1, -0.05) is 6.42 Å². The van der Waals surface area contributed by atoms with Crippen molar-refractivity contribution in [3.8, 4) is 0 Å². The van der Waals surface area contributed by atoms with Crippen molar-refractivity contribution in [1.29, 1.82) is 0 Å². The maximum atomic E-state index is 12.1. The minimum Gasteiger partial charge on any atom is -0.327 e. The number of hydrogen-bond acceptors (Lipinski definition) is 4. The maximum absolute atomic E-state index is 12.1. The van der Waals surface area contributed by atoms with Gasteiger partial charge in [0.2, 0.25) is 11.8 Å². The Balaban J connectivity index is 1.94. The molecule has 18 heavy (non-hydrogen) atoms. The molecule has 0 aromatic carbocycles. The van der Waals surface area contributed by atoms with E-state index in [-0.39, 0.29) is 23.9 Å². The number of hydrogen-bond donors (Lipinski definition) is 1. The average Bonchev–Trinajstić information content (AvgIpc) is 2.76. The van der Waals surface area contributed by atoms with Crippen LogP contribution in [0.3, 0.4) is 0 Å². The number of carbonyl (C=O) groups excluding carboxylic acids is 2. The number of amides is 2. The second-order valence-electron chi connectivity index (χ2n) is 5.44. The zero-order chi connectivity index (χ0) is 13.1. The highest BCUT2D eigenvalue weighted by Gasteiger charge is 2.31. The summed E-state index contributed by atoms with van der Waals surface area (Å²) in [7, 11) is 0. The zero-order valence-corrected chi connectivity index (χ0v) is 11.1. The van der Waals surface area contributed by atoms with E-state index in [9.17, 15) is 9.59 Å². The SMILES string of the molecule is CC(N)C1CCCCN1CC(=O)N1CCCC1=O. The summed E-state index contributed by atoms with van der Waals surface area (Å²) in [5.74, 6) is -0.0700. The molecule has 2 rings (SSSR count). The van der Waals surface area contributed by atoms with Crippen molar-refractivity contribution in [1.82, 2.24) is 9.80 Å². The van der Waals surface area contributed by atoms with Gasteiger partial charge in [-0.25, -0.2) is 0 Å². The van der Waals surface area contributed by atoms with Crippen LogP contribution in [0, 0.1) is 0 Å². The number of nitrogens with two attached hydrogens (primary N) is 1. The Bertz CT molecular complexity index is 330. The highest BCUT2D eigenvalue weighted by Crippen LogP contribution is 2.19. The van der Waals surface area contributed by atoms with E-state index in [1.807, 2.05) is 6.92 Å². The van der Waals surface area contributed by atoms with Gasteiger partial charge in [0.05, 0.1) is 6.54 Å². The molecule has 2 saturated heterocycles. The van der Waals surface area contributed by atoms with Gasteiger partial charge in [-0.2, -0.15) is 0 Å². The highest BCUT2D eigenvalue weighted by molar-refractivity contribution is 5.97. The summed E-state index contributed by atoms with van der Waals surface area (Å²) in [6, 6.07) is 0.354. The minimum absolute atomic E-state index is 0.0191. The number of rotatable bonds is 3. The van der Waals surface area contributed by atoms with Crippen LogP contribution in [0.15, 0.2) is 0 Å². The molecule has 0 bridgehead atoms. The predicted octanol–water partition coefficient (Wildman–Crippen LogP) is 0.337. The number of nitrogens with zero attached hydrogens (tertiary/aromatic N) is 2. The van der Waals surface area contributed by atoms with Gasteiger partial charge in [-0.3, -0.25) is 19.4 Å². The summed E-state index contributed by atoms with van der Waals surface area (Å²) in [6.07, 6.45) is 4.67. The van der Waals surface area contributed by atoms with E-state index in [4.69, 9.17) is 5.73 Å². The van der Waals surface area contributed by atoms with Crippen LogP contribution in [0.2, 0.25) is 0 Å². The summed E-state index contributed by atoms with van der Waals surface area (Å²) in [4.78, 5) is 27.2. The molecule has 2 fully saturated rings. The van der Waals surface area contributed by atoms with E-state index in [0.717, 1.165) is 25.8 Å². The first-order chi connectivity index (χ1) is 8.59. The minimum atomic E-state index is -0.0509. The fourth-order valence-corrected chi connectivity index (χ4v) is 2.98. The van der Waals surface area contributed by atoms with Crippen molar-refractivity contribution in [3.63, 3.8) is 0 Å². The lowest BCUT2D eigenvalue weighted by molar-refractivity contribution is -0.143. The van der Waals surface area contributed by atoms with Crippen molar-refractivity contribution in [2.75, 3.05) is 19.6 Å². The zero-order valence-electron chi connectivity index (χ0n) is 11.1. The molecule has 2 atom stereocenters. The third-order valence-electron chi connectivity index (χ3n) is 3.98. The van der Waals surface area contributed by atoms with Crippen LogP contribution in [0.5, 0.6) is 0 Å². The average molecular weight is 253 g/mol. The summed E-state index contributed by atoms with van der Waals surface area (Å²) in [5.41, 5.74) is 5.98. The Morgan fingerprint density at radius 3 is 2.78 bits per heavy atom. The van der Waals surface area contributed by atoms with Crippen LogP contribution in [0.4, 0.5) is 0 Å².